The number of esters is 2. The van der Waals surface area contributed by atoms with Crippen LogP contribution in [0.2, 0.25) is 0 Å². The van der Waals surface area contributed by atoms with Crippen LogP contribution in [0.4, 0.5) is 0 Å². The zero-order valence-corrected chi connectivity index (χ0v) is 15.8. The average Bonchev–Trinajstić information content (AvgIpc) is 3.03. The van der Waals surface area contributed by atoms with Gasteiger partial charge in [-0.3, -0.25) is 10.5 Å². The first-order chi connectivity index (χ1) is 12.8. The molecule has 1 heterocycles. The number of phenols is 1. The Morgan fingerprint density at radius 3 is 2.78 bits per heavy atom. The molecular formula is C20H25NO6. The van der Waals surface area contributed by atoms with E-state index >= 15 is 0 Å². The lowest BCUT2D eigenvalue weighted by Crippen LogP contribution is -2.24. The summed E-state index contributed by atoms with van der Waals surface area (Å²) in [7, 11) is 1.52. The maximum absolute atomic E-state index is 11.9. The van der Waals surface area contributed by atoms with Gasteiger partial charge in [0.05, 0.1) is 7.11 Å². The Hall–Kier alpha value is -2.80. The molecule has 1 aromatic rings. The van der Waals surface area contributed by atoms with Crippen molar-refractivity contribution in [3.05, 3.63) is 46.6 Å². The summed E-state index contributed by atoms with van der Waals surface area (Å²) in [6, 6.07) is 0. The lowest BCUT2D eigenvalue weighted by molar-refractivity contribution is -0.146. The van der Waals surface area contributed by atoms with E-state index in [9.17, 15) is 14.7 Å². The molecule has 2 rings (SSSR count). The van der Waals surface area contributed by atoms with E-state index in [1.54, 1.807) is 0 Å². The second-order valence-electron chi connectivity index (χ2n) is 6.36. The van der Waals surface area contributed by atoms with Crippen LogP contribution >= 0.6 is 0 Å². The predicted octanol–water partition coefficient (Wildman–Crippen LogP) is 2.66. The Bertz CT molecular complexity index is 796. The summed E-state index contributed by atoms with van der Waals surface area (Å²) in [5.41, 5.74) is 8.56. The van der Waals surface area contributed by atoms with Gasteiger partial charge in [0, 0.05) is 17.5 Å². The van der Waals surface area contributed by atoms with Crippen molar-refractivity contribution in [2.24, 2.45) is 5.73 Å². The number of nitrogens with two attached hydrogens (primary N) is 1. The minimum atomic E-state index is -0.808. The van der Waals surface area contributed by atoms with E-state index in [4.69, 9.17) is 19.9 Å². The van der Waals surface area contributed by atoms with E-state index in [0.717, 1.165) is 11.1 Å². The van der Waals surface area contributed by atoms with Gasteiger partial charge in [0.2, 0.25) is 0 Å². The summed E-state index contributed by atoms with van der Waals surface area (Å²) >= 11 is 0. The van der Waals surface area contributed by atoms with Gasteiger partial charge in [-0.2, -0.15) is 0 Å². The van der Waals surface area contributed by atoms with E-state index in [0.29, 0.717) is 29.7 Å². The molecule has 7 nitrogen and oxygen atoms in total. The van der Waals surface area contributed by atoms with E-state index < -0.39 is 18.2 Å². The summed E-state index contributed by atoms with van der Waals surface area (Å²) in [5, 5.41) is 10.6. The first-order valence-electron chi connectivity index (χ1n) is 8.61. The Kier molecular flexibility index (Phi) is 6.63. The molecule has 0 radical (unpaired) electrons. The highest BCUT2D eigenvalue weighted by atomic mass is 16.6. The third-order valence-electron chi connectivity index (χ3n) is 4.53. The molecule has 7 heteroatoms. The first-order valence-corrected chi connectivity index (χ1v) is 8.61. The third-order valence-corrected chi connectivity index (χ3v) is 4.53. The summed E-state index contributed by atoms with van der Waals surface area (Å²) in [6.45, 7) is 7.29. The summed E-state index contributed by atoms with van der Waals surface area (Å²) < 4.78 is 15.4. The molecule has 0 amide bonds. The van der Waals surface area contributed by atoms with Crippen molar-refractivity contribution in [3.63, 3.8) is 0 Å². The molecule has 0 bridgehead atoms. The number of benzene rings is 1. The number of aromatic hydroxyl groups is 1. The predicted molar refractivity (Wildman–Crippen MR) is 99.5 cm³/mol. The van der Waals surface area contributed by atoms with E-state index in [2.05, 4.69) is 6.58 Å². The van der Waals surface area contributed by atoms with Crippen LogP contribution < -0.4 is 10.5 Å². The largest absolute Gasteiger partial charge is 0.507 e. The fourth-order valence-electron chi connectivity index (χ4n) is 2.96. The monoisotopic (exact) mass is 375 g/mol. The van der Waals surface area contributed by atoms with E-state index in [-0.39, 0.29) is 24.3 Å². The molecule has 27 heavy (non-hydrogen) atoms. The molecule has 1 atom stereocenters. The second kappa shape index (κ2) is 8.73. The lowest BCUT2D eigenvalue weighted by Gasteiger charge is -2.15. The fourth-order valence-corrected chi connectivity index (χ4v) is 2.96. The van der Waals surface area contributed by atoms with Gasteiger partial charge in [0.1, 0.15) is 23.7 Å². The van der Waals surface area contributed by atoms with Gasteiger partial charge in [0.15, 0.2) is 6.23 Å². The maximum Gasteiger partial charge on any atom is 0.342 e. The molecule has 0 spiro atoms. The molecule has 1 aliphatic rings. The van der Waals surface area contributed by atoms with Crippen molar-refractivity contribution in [1.29, 1.82) is 0 Å². The van der Waals surface area contributed by atoms with Crippen molar-refractivity contribution in [2.75, 3.05) is 7.11 Å². The molecule has 0 aromatic heterocycles. The number of ether oxygens (including phenoxy) is 3. The minimum Gasteiger partial charge on any atom is -0.507 e. The van der Waals surface area contributed by atoms with Gasteiger partial charge in [-0.25, -0.2) is 4.79 Å². The van der Waals surface area contributed by atoms with Crippen LogP contribution in [0.15, 0.2) is 24.3 Å². The van der Waals surface area contributed by atoms with Crippen molar-refractivity contribution in [3.8, 4) is 11.5 Å². The SMILES string of the molecule is C=CC(N)OC(=O)CCC(C)=CCc1c(O)c2c(c(C)c1OC)COC2=O. The van der Waals surface area contributed by atoms with Crippen molar-refractivity contribution in [1.82, 2.24) is 0 Å². The fraction of sp³-hybridized carbons (Fsp3) is 0.400. The third kappa shape index (κ3) is 4.49. The Labute approximate surface area is 158 Å². The minimum absolute atomic E-state index is 0.115. The van der Waals surface area contributed by atoms with Crippen molar-refractivity contribution < 1.29 is 28.9 Å². The lowest BCUT2D eigenvalue weighted by atomic mass is 9.94. The van der Waals surface area contributed by atoms with Gasteiger partial charge in [-0.05, 0) is 38.3 Å². The van der Waals surface area contributed by atoms with Crippen LogP contribution in [0, 0.1) is 6.92 Å². The quantitative estimate of drug-likeness (QED) is 0.408. The number of fused-ring (bicyclic) bond motifs is 1. The van der Waals surface area contributed by atoms with Crippen LogP contribution in [-0.4, -0.2) is 30.4 Å². The highest BCUT2D eigenvalue weighted by molar-refractivity contribution is 5.98. The molecular weight excluding hydrogens is 350 g/mol. The smallest absolute Gasteiger partial charge is 0.342 e. The number of hydrogen-bond acceptors (Lipinski definition) is 7. The second-order valence-corrected chi connectivity index (χ2v) is 6.36. The molecule has 1 aliphatic heterocycles. The summed E-state index contributed by atoms with van der Waals surface area (Å²) in [6.07, 6.45) is 3.43. The Balaban J connectivity index is 2.15. The number of rotatable bonds is 8. The highest BCUT2D eigenvalue weighted by Crippen LogP contribution is 2.42. The normalized spacial score (nSPS) is 14.4. The van der Waals surface area contributed by atoms with Crippen LogP contribution in [0.1, 0.15) is 46.8 Å². The maximum atomic E-state index is 11.9. The molecule has 3 N–H and O–H groups in total. The standard InChI is InChI=1S/C20H25NO6/c1-5-15(21)27-16(22)9-7-11(2)6-8-13-18(23)17-14(10-26-20(17)24)12(3)19(13)25-4/h5-6,15,23H,1,7-10,21H2,2-4H3. The van der Waals surface area contributed by atoms with Crippen molar-refractivity contribution in [2.45, 2.75) is 45.9 Å². The van der Waals surface area contributed by atoms with E-state index in [1.807, 2.05) is 19.9 Å². The topological polar surface area (TPSA) is 108 Å². The van der Waals surface area contributed by atoms with Crippen molar-refractivity contribution >= 4 is 11.9 Å². The average molecular weight is 375 g/mol. The molecule has 0 saturated heterocycles. The Morgan fingerprint density at radius 2 is 2.15 bits per heavy atom. The molecule has 0 fully saturated rings. The number of carbonyl (C=O) groups is 2. The number of phenolic OH excluding ortho intramolecular Hbond substituents is 1. The molecule has 1 unspecified atom stereocenters. The molecule has 0 saturated carbocycles. The van der Waals surface area contributed by atoms with Crippen LogP contribution in [0.5, 0.6) is 11.5 Å². The number of hydrogen-bond donors (Lipinski definition) is 2. The van der Waals surface area contributed by atoms with Crippen LogP contribution in [-0.2, 0) is 27.3 Å². The van der Waals surface area contributed by atoms with Gasteiger partial charge in [0.25, 0.3) is 0 Å². The molecule has 146 valence electrons. The molecule has 1 aromatic carbocycles. The van der Waals surface area contributed by atoms with Gasteiger partial charge >= 0.3 is 11.9 Å². The number of allylic oxidation sites excluding steroid dienone is 2. The van der Waals surface area contributed by atoms with Gasteiger partial charge < -0.3 is 19.3 Å². The first kappa shape index (κ1) is 20.5. The summed E-state index contributed by atoms with van der Waals surface area (Å²) in [5.74, 6) is -0.525. The van der Waals surface area contributed by atoms with Gasteiger partial charge in [-0.1, -0.05) is 18.2 Å². The Morgan fingerprint density at radius 1 is 1.44 bits per heavy atom. The van der Waals surface area contributed by atoms with Crippen LogP contribution in [0.3, 0.4) is 0 Å². The number of cyclic esters (lactones) is 1. The zero-order chi connectivity index (χ0) is 20.1. The van der Waals surface area contributed by atoms with Gasteiger partial charge in [-0.15, -0.1) is 0 Å². The molecule has 0 aliphatic carbocycles. The highest BCUT2D eigenvalue weighted by Gasteiger charge is 2.31. The van der Waals surface area contributed by atoms with E-state index in [1.165, 1.54) is 13.2 Å². The summed E-state index contributed by atoms with van der Waals surface area (Å²) in [4.78, 5) is 23.6. The van der Waals surface area contributed by atoms with Crippen LogP contribution in [0.25, 0.3) is 0 Å². The zero-order valence-electron chi connectivity index (χ0n) is 15.8. The number of methoxy groups -OCH3 is 1. The number of carbonyl (C=O) groups excluding carboxylic acids is 2.